The predicted molar refractivity (Wildman–Crippen MR) is 65.9 cm³/mol. The Morgan fingerprint density at radius 2 is 1.88 bits per heavy atom. The van der Waals surface area contributed by atoms with E-state index in [4.69, 9.17) is 4.74 Å². The summed E-state index contributed by atoms with van der Waals surface area (Å²) in [6.07, 6.45) is 5.03. The van der Waals surface area contributed by atoms with E-state index in [1.54, 1.807) is 0 Å². The van der Waals surface area contributed by atoms with E-state index in [-0.39, 0.29) is 12.0 Å². The van der Waals surface area contributed by atoms with Gasteiger partial charge in [0, 0.05) is 25.1 Å². The molecule has 2 rings (SSSR count). The minimum absolute atomic E-state index is 0.107. The Morgan fingerprint density at radius 1 is 1.18 bits per heavy atom. The fourth-order valence-electron chi connectivity index (χ4n) is 3.27. The molecule has 1 saturated carbocycles. The summed E-state index contributed by atoms with van der Waals surface area (Å²) in [7, 11) is 2.03. The van der Waals surface area contributed by atoms with Gasteiger partial charge in [-0.2, -0.15) is 0 Å². The molecule has 100 valence electrons. The molecule has 1 aliphatic carbocycles. The van der Waals surface area contributed by atoms with Crippen molar-refractivity contribution in [3.8, 4) is 0 Å². The molecule has 2 fully saturated rings. The van der Waals surface area contributed by atoms with E-state index in [2.05, 4.69) is 4.90 Å². The lowest BCUT2D eigenvalue weighted by atomic mass is 9.87. The van der Waals surface area contributed by atoms with Gasteiger partial charge >= 0.3 is 0 Å². The first-order chi connectivity index (χ1) is 8.08. The maximum Gasteiger partial charge on any atom is 0.0774 e. The summed E-state index contributed by atoms with van der Waals surface area (Å²) in [6, 6.07) is 0. The molecule has 17 heavy (non-hydrogen) atoms. The van der Waals surface area contributed by atoms with Gasteiger partial charge in [0.1, 0.15) is 0 Å². The third kappa shape index (κ3) is 3.19. The third-order valence-corrected chi connectivity index (χ3v) is 4.22. The minimum Gasteiger partial charge on any atom is -0.396 e. The quantitative estimate of drug-likeness (QED) is 0.743. The Balaban J connectivity index is 1.85. The maximum absolute atomic E-state index is 10.4. The molecule has 2 N–H and O–H groups in total. The second kappa shape index (κ2) is 5.22. The summed E-state index contributed by atoms with van der Waals surface area (Å²) in [4.78, 5) is 2.16. The highest BCUT2D eigenvalue weighted by Gasteiger charge is 2.38. The molecule has 0 radical (unpaired) electrons. The molecule has 0 amide bonds. The van der Waals surface area contributed by atoms with Gasteiger partial charge in [0.2, 0.25) is 0 Å². The Bertz CT molecular complexity index is 245. The third-order valence-electron chi connectivity index (χ3n) is 4.22. The molecule has 2 aliphatic rings. The zero-order chi connectivity index (χ0) is 12.4. The second-order valence-electron chi connectivity index (χ2n) is 6.06. The van der Waals surface area contributed by atoms with Gasteiger partial charge < -0.3 is 19.8 Å². The van der Waals surface area contributed by atoms with Crippen molar-refractivity contribution in [2.24, 2.45) is 5.41 Å². The van der Waals surface area contributed by atoms with Gasteiger partial charge in [-0.15, -0.1) is 0 Å². The first-order valence-electron chi connectivity index (χ1n) is 6.67. The van der Waals surface area contributed by atoms with E-state index in [9.17, 15) is 10.2 Å². The molecule has 0 aromatic carbocycles. The van der Waals surface area contributed by atoms with E-state index in [1.807, 2.05) is 7.05 Å². The fraction of sp³-hybridized carbons (Fsp3) is 1.00. The van der Waals surface area contributed by atoms with Gasteiger partial charge in [0.25, 0.3) is 0 Å². The average Bonchev–Trinajstić information content (AvgIpc) is 2.88. The molecule has 1 heterocycles. The van der Waals surface area contributed by atoms with Crippen LogP contribution < -0.4 is 0 Å². The molecule has 0 spiro atoms. The number of aliphatic hydroxyl groups is 2. The molecular formula is C13H25NO3. The van der Waals surface area contributed by atoms with Crippen LogP contribution in [0.4, 0.5) is 0 Å². The molecule has 0 bridgehead atoms. The van der Waals surface area contributed by atoms with Crippen LogP contribution in [0.2, 0.25) is 0 Å². The van der Waals surface area contributed by atoms with Crippen molar-refractivity contribution in [1.29, 1.82) is 0 Å². The number of hydrogen-bond acceptors (Lipinski definition) is 4. The first-order valence-corrected chi connectivity index (χ1v) is 6.67. The number of likely N-dealkylation sites (N-methyl/N-ethyl adjacent to an activating group) is 1. The lowest BCUT2D eigenvalue weighted by Gasteiger charge is -2.34. The molecular weight excluding hydrogens is 218 g/mol. The van der Waals surface area contributed by atoms with Crippen molar-refractivity contribution < 1.29 is 14.9 Å². The average molecular weight is 243 g/mol. The van der Waals surface area contributed by atoms with Crippen molar-refractivity contribution in [3.63, 3.8) is 0 Å². The minimum atomic E-state index is -0.495. The fourth-order valence-corrected chi connectivity index (χ4v) is 3.27. The second-order valence-corrected chi connectivity index (χ2v) is 6.06. The Hall–Kier alpha value is -0.160. The number of rotatable bonds is 5. The molecule has 1 unspecified atom stereocenters. The van der Waals surface area contributed by atoms with Crippen LogP contribution in [-0.2, 0) is 4.74 Å². The summed E-state index contributed by atoms with van der Waals surface area (Å²) in [5.41, 5.74) is -0.603. The van der Waals surface area contributed by atoms with E-state index in [1.165, 1.54) is 0 Å². The van der Waals surface area contributed by atoms with E-state index >= 15 is 0 Å². The lowest BCUT2D eigenvalue weighted by molar-refractivity contribution is -0.00497. The molecule has 4 heteroatoms. The summed E-state index contributed by atoms with van der Waals surface area (Å²) in [5.74, 6) is 0. The monoisotopic (exact) mass is 243 g/mol. The van der Waals surface area contributed by atoms with Crippen LogP contribution in [0.5, 0.6) is 0 Å². The Morgan fingerprint density at radius 3 is 2.41 bits per heavy atom. The first kappa shape index (κ1) is 13.3. The summed E-state index contributed by atoms with van der Waals surface area (Å²) >= 11 is 0. The molecule has 1 atom stereocenters. The van der Waals surface area contributed by atoms with Gasteiger partial charge in [-0.3, -0.25) is 0 Å². The number of aliphatic hydroxyl groups excluding tert-OH is 1. The Labute approximate surface area is 104 Å². The van der Waals surface area contributed by atoms with Crippen molar-refractivity contribution in [1.82, 2.24) is 4.90 Å². The van der Waals surface area contributed by atoms with Crippen molar-refractivity contribution in [2.45, 2.75) is 37.7 Å². The van der Waals surface area contributed by atoms with Crippen LogP contribution in [0, 0.1) is 5.41 Å². The van der Waals surface area contributed by atoms with Gasteiger partial charge in [0.15, 0.2) is 0 Å². The highest BCUT2D eigenvalue weighted by atomic mass is 16.5. The van der Waals surface area contributed by atoms with Crippen molar-refractivity contribution >= 4 is 0 Å². The largest absolute Gasteiger partial charge is 0.396 e. The zero-order valence-corrected chi connectivity index (χ0v) is 10.8. The summed E-state index contributed by atoms with van der Waals surface area (Å²) in [5, 5.41) is 19.9. The van der Waals surface area contributed by atoms with E-state index in [0.717, 1.165) is 51.8 Å². The van der Waals surface area contributed by atoms with Crippen LogP contribution in [0.15, 0.2) is 0 Å². The normalized spacial score (nSPS) is 32.5. The highest BCUT2D eigenvalue weighted by Crippen LogP contribution is 2.32. The van der Waals surface area contributed by atoms with Crippen molar-refractivity contribution in [3.05, 3.63) is 0 Å². The predicted octanol–water partition coefficient (Wildman–Crippen LogP) is 0.622. The lowest BCUT2D eigenvalue weighted by Crippen LogP contribution is -2.45. The van der Waals surface area contributed by atoms with Crippen LogP contribution in [0.1, 0.15) is 32.1 Å². The van der Waals surface area contributed by atoms with Crippen LogP contribution in [-0.4, -0.2) is 60.7 Å². The van der Waals surface area contributed by atoms with Crippen LogP contribution >= 0.6 is 0 Å². The van der Waals surface area contributed by atoms with Crippen LogP contribution in [0.3, 0.4) is 0 Å². The van der Waals surface area contributed by atoms with Gasteiger partial charge in [-0.25, -0.2) is 0 Å². The standard InChI is InChI=1S/C13H25NO3/c1-14(9-13(16)4-2-3-5-13)8-12(10-15)6-7-17-11-12/h15-16H,2-11H2,1H3. The maximum atomic E-state index is 10.4. The number of hydrogen-bond donors (Lipinski definition) is 2. The number of ether oxygens (including phenoxy) is 1. The van der Waals surface area contributed by atoms with Gasteiger partial charge in [-0.1, -0.05) is 12.8 Å². The summed E-state index contributed by atoms with van der Waals surface area (Å²) < 4.78 is 5.40. The molecule has 4 nitrogen and oxygen atoms in total. The molecule has 0 aromatic rings. The van der Waals surface area contributed by atoms with Crippen LogP contribution in [0.25, 0.3) is 0 Å². The van der Waals surface area contributed by atoms with Gasteiger partial charge in [-0.05, 0) is 26.3 Å². The highest BCUT2D eigenvalue weighted by molar-refractivity contribution is 4.90. The Kier molecular flexibility index (Phi) is 4.08. The topological polar surface area (TPSA) is 52.9 Å². The van der Waals surface area contributed by atoms with E-state index in [0.29, 0.717) is 6.61 Å². The SMILES string of the molecule is CN(CC1(O)CCCC1)CC1(CO)CCOC1. The molecule has 1 aliphatic heterocycles. The smallest absolute Gasteiger partial charge is 0.0774 e. The van der Waals surface area contributed by atoms with E-state index < -0.39 is 5.60 Å². The number of nitrogens with zero attached hydrogens (tertiary/aromatic N) is 1. The van der Waals surface area contributed by atoms with Gasteiger partial charge in [0.05, 0.1) is 18.8 Å². The molecule has 0 aromatic heterocycles. The molecule has 1 saturated heterocycles. The summed E-state index contributed by atoms with van der Waals surface area (Å²) in [6.45, 7) is 3.10. The van der Waals surface area contributed by atoms with Crippen molar-refractivity contribution in [2.75, 3.05) is 40.0 Å². The zero-order valence-electron chi connectivity index (χ0n) is 10.8.